The van der Waals surface area contributed by atoms with Gasteiger partial charge in [-0.15, -0.1) is 0 Å². The van der Waals surface area contributed by atoms with Crippen molar-refractivity contribution >= 4 is 22.8 Å². The normalized spacial score (nSPS) is 16.5. The molecule has 0 saturated carbocycles. The van der Waals surface area contributed by atoms with Gasteiger partial charge in [0.15, 0.2) is 0 Å². The smallest absolute Gasteiger partial charge is 0.325 e. The highest BCUT2D eigenvalue weighted by Gasteiger charge is 2.39. The van der Waals surface area contributed by atoms with Crippen molar-refractivity contribution in [2.45, 2.75) is 6.04 Å². The highest BCUT2D eigenvalue weighted by Crippen LogP contribution is 2.40. The Hall–Kier alpha value is -3.08. The molecule has 1 N–H and O–H groups in total. The molecular formula is C19H16N2O3. The number of rotatable bonds is 3. The summed E-state index contributed by atoms with van der Waals surface area (Å²) in [6.07, 6.45) is 1.91. The van der Waals surface area contributed by atoms with Crippen molar-refractivity contribution in [2.75, 3.05) is 13.7 Å². The van der Waals surface area contributed by atoms with Gasteiger partial charge in [0.2, 0.25) is 0 Å². The first-order valence-electron chi connectivity index (χ1n) is 7.73. The molecule has 1 atom stereocenters. The van der Waals surface area contributed by atoms with E-state index < -0.39 is 5.97 Å². The summed E-state index contributed by atoms with van der Waals surface area (Å²) >= 11 is 0. The maximum Gasteiger partial charge on any atom is 0.325 e. The van der Waals surface area contributed by atoms with Crippen molar-refractivity contribution in [2.24, 2.45) is 0 Å². The summed E-state index contributed by atoms with van der Waals surface area (Å²) in [7, 11) is 1.33. The molecule has 0 radical (unpaired) electrons. The van der Waals surface area contributed by atoms with Crippen molar-refractivity contribution in [3.63, 3.8) is 0 Å². The molecule has 2 aromatic carbocycles. The minimum Gasteiger partial charge on any atom is -0.468 e. The Labute approximate surface area is 138 Å². The molecule has 0 spiro atoms. The average molecular weight is 320 g/mol. The third kappa shape index (κ3) is 2.09. The lowest BCUT2D eigenvalue weighted by molar-refractivity contribution is -0.141. The van der Waals surface area contributed by atoms with Crippen molar-refractivity contribution in [1.29, 1.82) is 0 Å². The van der Waals surface area contributed by atoms with E-state index in [0.717, 1.165) is 22.0 Å². The van der Waals surface area contributed by atoms with Gasteiger partial charge in [-0.3, -0.25) is 9.59 Å². The first kappa shape index (κ1) is 14.5. The number of hydrogen-bond acceptors (Lipinski definition) is 3. The van der Waals surface area contributed by atoms with E-state index in [1.54, 1.807) is 11.0 Å². The van der Waals surface area contributed by atoms with Crippen molar-refractivity contribution in [3.05, 3.63) is 71.4 Å². The number of esters is 1. The zero-order chi connectivity index (χ0) is 16.7. The Morgan fingerprint density at radius 3 is 2.71 bits per heavy atom. The molecule has 0 saturated heterocycles. The largest absolute Gasteiger partial charge is 0.468 e. The lowest BCUT2D eigenvalue weighted by Gasteiger charge is -2.24. The lowest BCUT2D eigenvalue weighted by Crippen LogP contribution is -2.34. The maximum atomic E-state index is 12.8. The second-order valence-corrected chi connectivity index (χ2v) is 5.79. The van der Waals surface area contributed by atoms with Crippen LogP contribution in [-0.4, -0.2) is 35.4 Å². The van der Waals surface area contributed by atoms with Crippen LogP contribution in [0.2, 0.25) is 0 Å². The molecule has 4 rings (SSSR count). The van der Waals surface area contributed by atoms with E-state index in [-0.39, 0.29) is 18.5 Å². The van der Waals surface area contributed by atoms with Gasteiger partial charge in [0.1, 0.15) is 6.54 Å². The number of methoxy groups -OCH3 is 1. The standard InChI is InChI=1S/C19H16N2O3/c1-24-17(22)11-21-18(13-7-2-3-8-14(13)19(21)23)15-10-20-16-9-5-4-6-12(15)16/h2-10,18,20H,11H2,1H3/t18-/m1/s1. The highest BCUT2D eigenvalue weighted by molar-refractivity contribution is 6.02. The van der Waals surface area contributed by atoms with E-state index in [9.17, 15) is 9.59 Å². The minimum atomic E-state index is -0.430. The fourth-order valence-electron chi connectivity index (χ4n) is 3.39. The van der Waals surface area contributed by atoms with Crippen LogP contribution in [0.15, 0.2) is 54.7 Å². The molecule has 1 aliphatic rings. The zero-order valence-electron chi connectivity index (χ0n) is 13.2. The summed E-state index contributed by atoms with van der Waals surface area (Å²) in [6.45, 7) is -0.0752. The van der Waals surface area contributed by atoms with Crippen molar-refractivity contribution in [3.8, 4) is 0 Å². The fourth-order valence-corrected chi connectivity index (χ4v) is 3.39. The number of nitrogens with zero attached hydrogens (tertiary/aromatic N) is 1. The van der Waals surface area contributed by atoms with Gasteiger partial charge in [-0.05, 0) is 17.7 Å². The molecule has 0 fully saturated rings. The number of nitrogens with one attached hydrogen (secondary N) is 1. The highest BCUT2D eigenvalue weighted by atomic mass is 16.5. The van der Waals surface area contributed by atoms with Gasteiger partial charge in [0.05, 0.1) is 13.2 Å². The molecule has 1 aliphatic heterocycles. The van der Waals surface area contributed by atoms with Gasteiger partial charge in [-0.25, -0.2) is 0 Å². The first-order valence-corrected chi connectivity index (χ1v) is 7.73. The zero-order valence-corrected chi connectivity index (χ0v) is 13.2. The van der Waals surface area contributed by atoms with Crippen LogP contribution in [-0.2, 0) is 9.53 Å². The summed E-state index contributed by atoms with van der Waals surface area (Å²) in [5.74, 6) is -0.577. The van der Waals surface area contributed by atoms with Gasteiger partial charge >= 0.3 is 5.97 Å². The van der Waals surface area contributed by atoms with Gasteiger partial charge < -0.3 is 14.6 Å². The SMILES string of the molecule is COC(=O)CN1C(=O)c2ccccc2[C@@H]1c1c[nH]c2ccccc12. The van der Waals surface area contributed by atoms with Crippen LogP contribution in [0, 0.1) is 0 Å². The number of amides is 1. The van der Waals surface area contributed by atoms with Gasteiger partial charge in [0.25, 0.3) is 5.91 Å². The van der Waals surface area contributed by atoms with Crippen LogP contribution in [0.4, 0.5) is 0 Å². The third-order valence-electron chi connectivity index (χ3n) is 4.50. The number of aromatic amines is 1. The Bertz CT molecular complexity index is 944. The predicted molar refractivity (Wildman–Crippen MR) is 89.6 cm³/mol. The predicted octanol–water partition coefficient (Wildman–Crippen LogP) is 2.89. The van der Waals surface area contributed by atoms with Gasteiger partial charge in [-0.2, -0.15) is 0 Å². The summed E-state index contributed by atoms with van der Waals surface area (Å²) in [5, 5.41) is 1.04. The van der Waals surface area contributed by atoms with Crippen LogP contribution in [0.5, 0.6) is 0 Å². The molecule has 24 heavy (non-hydrogen) atoms. The van der Waals surface area contributed by atoms with E-state index in [0.29, 0.717) is 5.56 Å². The van der Waals surface area contributed by atoms with Gasteiger partial charge in [-0.1, -0.05) is 36.4 Å². The average Bonchev–Trinajstić information content (AvgIpc) is 3.15. The number of carbonyl (C=O) groups is 2. The van der Waals surface area contributed by atoms with Crippen molar-refractivity contribution < 1.29 is 14.3 Å². The van der Waals surface area contributed by atoms with Crippen LogP contribution in [0.1, 0.15) is 27.5 Å². The Morgan fingerprint density at radius 2 is 1.88 bits per heavy atom. The summed E-state index contributed by atoms with van der Waals surface area (Å²) in [5.41, 5.74) is 3.53. The van der Waals surface area contributed by atoms with E-state index in [1.165, 1.54) is 7.11 Å². The molecule has 1 amide bonds. The van der Waals surface area contributed by atoms with Crippen LogP contribution < -0.4 is 0 Å². The number of fused-ring (bicyclic) bond motifs is 2. The van der Waals surface area contributed by atoms with Crippen LogP contribution in [0.25, 0.3) is 10.9 Å². The number of para-hydroxylation sites is 1. The van der Waals surface area contributed by atoms with E-state index >= 15 is 0 Å². The number of aromatic nitrogens is 1. The lowest BCUT2D eigenvalue weighted by atomic mass is 9.97. The van der Waals surface area contributed by atoms with Gasteiger partial charge in [0, 0.05) is 28.2 Å². The topological polar surface area (TPSA) is 62.4 Å². The summed E-state index contributed by atoms with van der Waals surface area (Å²) < 4.78 is 4.77. The molecular weight excluding hydrogens is 304 g/mol. The minimum absolute atomic E-state index is 0.0752. The molecule has 1 aromatic heterocycles. The third-order valence-corrected chi connectivity index (χ3v) is 4.50. The maximum absolute atomic E-state index is 12.8. The first-order chi connectivity index (χ1) is 11.7. The van der Waals surface area contributed by atoms with E-state index in [1.807, 2.05) is 48.7 Å². The molecule has 5 nitrogen and oxygen atoms in total. The molecule has 120 valence electrons. The monoisotopic (exact) mass is 320 g/mol. The van der Waals surface area contributed by atoms with Crippen LogP contribution >= 0.6 is 0 Å². The Morgan fingerprint density at radius 1 is 1.12 bits per heavy atom. The van der Waals surface area contributed by atoms with E-state index in [2.05, 4.69) is 4.98 Å². The number of H-pyrrole nitrogens is 1. The number of benzene rings is 2. The molecule has 5 heteroatoms. The molecule has 2 heterocycles. The number of hydrogen-bond donors (Lipinski definition) is 1. The van der Waals surface area contributed by atoms with E-state index in [4.69, 9.17) is 4.74 Å². The number of carbonyl (C=O) groups excluding carboxylic acids is 2. The van der Waals surface area contributed by atoms with Crippen LogP contribution in [0.3, 0.4) is 0 Å². The Kier molecular flexibility index (Phi) is 3.34. The molecule has 0 bridgehead atoms. The summed E-state index contributed by atoms with van der Waals surface area (Å²) in [4.78, 5) is 29.4. The van der Waals surface area contributed by atoms with Crippen molar-refractivity contribution in [1.82, 2.24) is 9.88 Å². The second-order valence-electron chi connectivity index (χ2n) is 5.79. The Balaban J connectivity index is 1.89. The fraction of sp³-hybridized carbons (Fsp3) is 0.158. The summed E-state index contributed by atoms with van der Waals surface area (Å²) in [6, 6.07) is 15.1. The number of ether oxygens (including phenoxy) is 1. The second kappa shape index (κ2) is 5.53. The quantitative estimate of drug-likeness (QED) is 0.755. The molecule has 0 unspecified atom stereocenters. The molecule has 0 aliphatic carbocycles. The molecule has 3 aromatic rings.